The molecule has 1 aliphatic carbocycles. The van der Waals surface area contributed by atoms with E-state index in [4.69, 9.17) is 0 Å². The van der Waals surface area contributed by atoms with E-state index in [9.17, 15) is 4.79 Å². The first kappa shape index (κ1) is 15.7. The molecule has 1 saturated carbocycles. The molecule has 116 valence electrons. The quantitative estimate of drug-likeness (QED) is 0.754. The lowest BCUT2D eigenvalue weighted by molar-refractivity contribution is 0.0593. The summed E-state index contributed by atoms with van der Waals surface area (Å²) in [6.45, 7) is 5.46. The molecule has 0 bridgehead atoms. The lowest BCUT2D eigenvalue weighted by Gasteiger charge is -2.30. The highest BCUT2D eigenvalue weighted by Crippen LogP contribution is 2.27. The Kier molecular flexibility index (Phi) is 5.53. The van der Waals surface area contributed by atoms with Gasteiger partial charge in [0.25, 0.3) is 0 Å². The van der Waals surface area contributed by atoms with Gasteiger partial charge in [0.2, 0.25) is 0 Å². The molecule has 0 saturated heterocycles. The standard InChI is InChI=1S/C16H25N3O2/c1-12(2)8-9-19(13-6-4-5-7-13)15-11-17-14(10-18-15)16(20)21-3/h10-13H,4-9H2,1-3H3. The number of ether oxygens (including phenoxy) is 1. The van der Waals surface area contributed by atoms with Gasteiger partial charge in [-0.25, -0.2) is 14.8 Å². The lowest BCUT2D eigenvalue weighted by Crippen LogP contribution is -2.35. The maximum absolute atomic E-state index is 11.4. The molecule has 0 spiro atoms. The van der Waals surface area contributed by atoms with Crippen LogP contribution >= 0.6 is 0 Å². The van der Waals surface area contributed by atoms with Gasteiger partial charge in [-0.1, -0.05) is 26.7 Å². The minimum absolute atomic E-state index is 0.261. The normalized spacial score (nSPS) is 15.4. The molecule has 1 fully saturated rings. The lowest BCUT2D eigenvalue weighted by atomic mass is 10.1. The molecular weight excluding hydrogens is 266 g/mol. The molecule has 5 heteroatoms. The van der Waals surface area contributed by atoms with Crippen LogP contribution in [0.3, 0.4) is 0 Å². The van der Waals surface area contributed by atoms with E-state index in [0.717, 1.165) is 18.8 Å². The summed E-state index contributed by atoms with van der Waals surface area (Å²) in [4.78, 5) is 22.4. The molecule has 1 aromatic rings. The van der Waals surface area contributed by atoms with E-state index in [1.807, 2.05) is 0 Å². The monoisotopic (exact) mass is 291 g/mol. The molecule has 0 radical (unpaired) electrons. The fourth-order valence-electron chi connectivity index (χ4n) is 2.78. The predicted octanol–water partition coefficient (Wildman–Crippen LogP) is 3.06. The second-order valence-corrected chi connectivity index (χ2v) is 6.07. The van der Waals surface area contributed by atoms with Gasteiger partial charge in [0.1, 0.15) is 5.82 Å². The van der Waals surface area contributed by atoms with Crippen LogP contribution in [0.2, 0.25) is 0 Å². The van der Waals surface area contributed by atoms with Gasteiger partial charge >= 0.3 is 5.97 Å². The summed E-state index contributed by atoms with van der Waals surface area (Å²) in [7, 11) is 1.35. The van der Waals surface area contributed by atoms with Crippen molar-refractivity contribution in [3.8, 4) is 0 Å². The Balaban J connectivity index is 2.13. The second-order valence-electron chi connectivity index (χ2n) is 6.07. The van der Waals surface area contributed by atoms with Crippen molar-refractivity contribution in [3.63, 3.8) is 0 Å². The maximum Gasteiger partial charge on any atom is 0.358 e. The number of carbonyl (C=O) groups is 1. The van der Waals surface area contributed by atoms with Crippen LogP contribution in [-0.2, 0) is 4.74 Å². The van der Waals surface area contributed by atoms with Crippen molar-refractivity contribution in [2.24, 2.45) is 5.92 Å². The summed E-state index contributed by atoms with van der Waals surface area (Å²) in [6, 6.07) is 0.557. The van der Waals surface area contributed by atoms with Crippen LogP contribution in [0.4, 0.5) is 5.82 Å². The first-order valence-electron chi connectivity index (χ1n) is 7.78. The van der Waals surface area contributed by atoms with Crippen molar-refractivity contribution in [2.45, 2.75) is 52.0 Å². The molecule has 0 aliphatic heterocycles. The van der Waals surface area contributed by atoms with E-state index >= 15 is 0 Å². The number of rotatable bonds is 6. The average molecular weight is 291 g/mol. The Bertz CT molecular complexity index is 453. The number of nitrogens with zero attached hydrogens (tertiary/aromatic N) is 3. The minimum Gasteiger partial charge on any atom is -0.464 e. The Morgan fingerprint density at radius 2 is 2.05 bits per heavy atom. The van der Waals surface area contributed by atoms with E-state index < -0.39 is 5.97 Å². The van der Waals surface area contributed by atoms with Crippen LogP contribution in [0.5, 0.6) is 0 Å². The molecule has 0 unspecified atom stereocenters. The van der Waals surface area contributed by atoms with Crippen LogP contribution in [0, 0.1) is 5.92 Å². The molecule has 1 heterocycles. The van der Waals surface area contributed by atoms with E-state index in [2.05, 4.69) is 33.5 Å². The van der Waals surface area contributed by atoms with Crippen molar-refractivity contribution in [3.05, 3.63) is 18.1 Å². The van der Waals surface area contributed by atoms with E-state index in [1.54, 1.807) is 6.20 Å². The highest BCUT2D eigenvalue weighted by atomic mass is 16.5. The van der Waals surface area contributed by atoms with Gasteiger partial charge in [-0.05, 0) is 25.2 Å². The molecule has 21 heavy (non-hydrogen) atoms. The van der Waals surface area contributed by atoms with Crippen molar-refractivity contribution < 1.29 is 9.53 Å². The van der Waals surface area contributed by atoms with Crippen LogP contribution in [-0.4, -0.2) is 35.6 Å². The van der Waals surface area contributed by atoms with Crippen molar-refractivity contribution in [1.82, 2.24) is 9.97 Å². The number of hydrogen-bond acceptors (Lipinski definition) is 5. The van der Waals surface area contributed by atoms with Gasteiger partial charge in [-0.2, -0.15) is 0 Å². The Labute approximate surface area is 126 Å². The molecule has 1 aliphatic rings. The van der Waals surface area contributed by atoms with Crippen LogP contribution < -0.4 is 4.90 Å². The third-order valence-electron chi connectivity index (χ3n) is 4.04. The third kappa shape index (κ3) is 4.16. The third-order valence-corrected chi connectivity index (χ3v) is 4.04. The van der Waals surface area contributed by atoms with Gasteiger partial charge in [-0.3, -0.25) is 0 Å². The van der Waals surface area contributed by atoms with Gasteiger partial charge < -0.3 is 9.64 Å². The molecule has 1 aromatic heterocycles. The van der Waals surface area contributed by atoms with Gasteiger partial charge in [0.15, 0.2) is 5.69 Å². The molecule has 0 amide bonds. The van der Waals surface area contributed by atoms with Gasteiger partial charge in [0.05, 0.1) is 19.5 Å². The fourth-order valence-corrected chi connectivity index (χ4v) is 2.78. The first-order valence-corrected chi connectivity index (χ1v) is 7.78. The molecule has 2 rings (SSSR count). The maximum atomic E-state index is 11.4. The zero-order chi connectivity index (χ0) is 15.2. The van der Waals surface area contributed by atoms with E-state index in [0.29, 0.717) is 12.0 Å². The Morgan fingerprint density at radius 1 is 1.33 bits per heavy atom. The van der Waals surface area contributed by atoms with E-state index in [1.165, 1.54) is 39.0 Å². The number of anilines is 1. The van der Waals surface area contributed by atoms with Crippen LogP contribution in [0.25, 0.3) is 0 Å². The predicted molar refractivity (Wildman–Crippen MR) is 82.4 cm³/mol. The molecule has 0 N–H and O–H groups in total. The summed E-state index contributed by atoms with van der Waals surface area (Å²) in [5, 5.41) is 0. The fraction of sp³-hybridized carbons (Fsp3) is 0.688. The first-order chi connectivity index (χ1) is 10.1. The number of carbonyl (C=O) groups excluding carboxylic acids is 1. The van der Waals surface area contributed by atoms with Gasteiger partial charge in [0, 0.05) is 12.6 Å². The zero-order valence-corrected chi connectivity index (χ0v) is 13.2. The second kappa shape index (κ2) is 7.38. The highest BCUT2D eigenvalue weighted by Gasteiger charge is 2.24. The molecule has 5 nitrogen and oxygen atoms in total. The summed E-state index contributed by atoms with van der Waals surface area (Å²) >= 11 is 0. The highest BCUT2D eigenvalue weighted by molar-refractivity contribution is 5.86. The smallest absolute Gasteiger partial charge is 0.358 e. The average Bonchev–Trinajstić information content (AvgIpc) is 3.01. The number of aromatic nitrogens is 2. The van der Waals surface area contributed by atoms with Crippen molar-refractivity contribution in [2.75, 3.05) is 18.6 Å². The number of methoxy groups -OCH3 is 1. The van der Waals surface area contributed by atoms with Crippen molar-refractivity contribution in [1.29, 1.82) is 0 Å². The summed E-state index contributed by atoms with van der Waals surface area (Å²) in [6.07, 6.45) is 9.37. The summed E-state index contributed by atoms with van der Waals surface area (Å²) in [5.74, 6) is 1.09. The number of esters is 1. The summed E-state index contributed by atoms with van der Waals surface area (Å²) < 4.78 is 4.66. The van der Waals surface area contributed by atoms with Crippen LogP contribution in [0.1, 0.15) is 56.4 Å². The topological polar surface area (TPSA) is 55.3 Å². The summed E-state index contributed by atoms with van der Waals surface area (Å²) in [5.41, 5.74) is 0.261. The molecule has 0 atom stereocenters. The molecule has 0 aromatic carbocycles. The Morgan fingerprint density at radius 3 is 2.57 bits per heavy atom. The SMILES string of the molecule is COC(=O)c1cnc(N(CCC(C)C)C2CCCC2)cn1. The van der Waals surface area contributed by atoms with E-state index in [-0.39, 0.29) is 5.69 Å². The van der Waals surface area contributed by atoms with Crippen molar-refractivity contribution >= 4 is 11.8 Å². The van der Waals surface area contributed by atoms with Gasteiger partial charge in [-0.15, -0.1) is 0 Å². The number of hydrogen-bond donors (Lipinski definition) is 0. The largest absolute Gasteiger partial charge is 0.464 e. The minimum atomic E-state index is -0.441. The zero-order valence-electron chi connectivity index (χ0n) is 13.2. The Hall–Kier alpha value is -1.65. The molecular formula is C16H25N3O2. The van der Waals surface area contributed by atoms with Crippen LogP contribution in [0.15, 0.2) is 12.4 Å².